The van der Waals surface area contributed by atoms with Gasteiger partial charge in [0.05, 0.1) is 5.69 Å². The van der Waals surface area contributed by atoms with E-state index in [2.05, 4.69) is 9.97 Å². The van der Waals surface area contributed by atoms with Gasteiger partial charge in [0.15, 0.2) is 0 Å². The zero-order valence-electron chi connectivity index (χ0n) is 16.6. The standard InChI is InChI=1S/C21H25N5O2S/c1-24(2)29(27,28)25-13-6-9-18(16-25)20-15-19(10-11-22-20)26-14-12-23-21(26)17-7-4-3-5-8-17/h3-5,7-8,10-12,14-15,18H,6,9,13,16H2,1-2H3. The predicted molar refractivity (Wildman–Crippen MR) is 113 cm³/mol. The Hall–Kier alpha value is -2.55. The molecule has 1 saturated heterocycles. The van der Waals surface area contributed by atoms with Gasteiger partial charge in [0, 0.05) is 63.0 Å². The van der Waals surface area contributed by atoms with E-state index in [4.69, 9.17) is 0 Å². The van der Waals surface area contributed by atoms with Crippen LogP contribution in [0, 0.1) is 0 Å². The van der Waals surface area contributed by atoms with Gasteiger partial charge in [-0.05, 0) is 25.0 Å². The highest BCUT2D eigenvalue weighted by atomic mass is 32.2. The van der Waals surface area contributed by atoms with Gasteiger partial charge in [0.25, 0.3) is 10.2 Å². The minimum absolute atomic E-state index is 0.0714. The molecule has 1 atom stereocenters. The van der Waals surface area contributed by atoms with Gasteiger partial charge in [-0.2, -0.15) is 17.0 Å². The van der Waals surface area contributed by atoms with Gasteiger partial charge in [-0.3, -0.25) is 9.55 Å². The van der Waals surface area contributed by atoms with Crippen molar-refractivity contribution in [2.24, 2.45) is 0 Å². The van der Waals surface area contributed by atoms with Crippen molar-refractivity contribution >= 4 is 10.2 Å². The second-order valence-corrected chi connectivity index (χ2v) is 9.56. The molecule has 3 aromatic rings. The highest BCUT2D eigenvalue weighted by molar-refractivity contribution is 7.86. The van der Waals surface area contributed by atoms with E-state index in [0.717, 1.165) is 35.6 Å². The lowest BCUT2D eigenvalue weighted by Gasteiger charge is -2.33. The Bertz CT molecular complexity index is 1080. The largest absolute Gasteiger partial charge is 0.300 e. The molecule has 152 valence electrons. The van der Waals surface area contributed by atoms with Crippen LogP contribution in [0.4, 0.5) is 0 Å². The number of rotatable bonds is 5. The zero-order chi connectivity index (χ0) is 20.4. The van der Waals surface area contributed by atoms with Crippen LogP contribution in [0.1, 0.15) is 24.5 Å². The van der Waals surface area contributed by atoms with Crippen LogP contribution < -0.4 is 0 Å². The molecule has 29 heavy (non-hydrogen) atoms. The quantitative estimate of drug-likeness (QED) is 0.647. The Labute approximate surface area is 171 Å². The van der Waals surface area contributed by atoms with Gasteiger partial charge >= 0.3 is 0 Å². The van der Waals surface area contributed by atoms with E-state index in [1.165, 1.54) is 4.31 Å². The minimum atomic E-state index is -3.41. The Morgan fingerprint density at radius 3 is 2.62 bits per heavy atom. The van der Waals surface area contributed by atoms with Crippen LogP contribution in [0.3, 0.4) is 0 Å². The third-order valence-corrected chi connectivity index (χ3v) is 7.21. The van der Waals surface area contributed by atoms with E-state index in [0.29, 0.717) is 13.1 Å². The lowest BCUT2D eigenvalue weighted by atomic mass is 9.95. The molecular weight excluding hydrogens is 386 g/mol. The topological polar surface area (TPSA) is 71.3 Å². The van der Waals surface area contributed by atoms with Gasteiger partial charge in [-0.25, -0.2) is 4.98 Å². The monoisotopic (exact) mass is 411 g/mol. The summed E-state index contributed by atoms with van der Waals surface area (Å²) in [6, 6.07) is 14.0. The van der Waals surface area contributed by atoms with Crippen LogP contribution in [-0.2, 0) is 10.2 Å². The third kappa shape index (κ3) is 3.96. The first kappa shape index (κ1) is 19.8. The van der Waals surface area contributed by atoms with Crippen LogP contribution >= 0.6 is 0 Å². The van der Waals surface area contributed by atoms with Crippen LogP contribution in [0.2, 0.25) is 0 Å². The molecule has 8 heteroatoms. The molecule has 0 aliphatic carbocycles. The summed E-state index contributed by atoms with van der Waals surface area (Å²) in [6.07, 6.45) is 7.26. The summed E-state index contributed by atoms with van der Waals surface area (Å²) in [4.78, 5) is 9.09. The van der Waals surface area contributed by atoms with Gasteiger partial charge in [0.2, 0.25) is 0 Å². The molecule has 0 N–H and O–H groups in total. The summed E-state index contributed by atoms with van der Waals surface area (Å²) in [5.41, 5.74) is 2.92. The lowest BCUT2D eigenvalue weighted by molar-refractivity contribution is 0.296. The Morgan fingerprint density at radius 1 is 1.07 bits per heavy atom. The van der Waals surface area contributed by atoms with E-state index in [-0.39, 0.29) is 5.92 Å². The van der Waals surface area contributed by atoms with Crippen molar-refractivity contribution in [3.05, 3.63) is 66.7 Å². The molecule has 3 heterocycles. The van der Waals surface area contributed by atoms with Crippen molar-refractivity contribution in [1.82, 2.24) is 23.1 Å². The van der Waals surface area contributed by atoms with Crippen LogP contribution in [-0.4, -0.2) is 58.7 Å². The molecule has 1 aromatic carbocycles. The maximum absolute atomic E-state index is 12.5. The predicted octanol–water partition coefficient (Wildman–Crippen LogP) is 2.92. The molecule has 0 radical (unpaired) electrons. The fourth-order valence-electron chi connectivity index (χ4n) is 3.75. The minimum Gasteiger partial charge on any atom is -0.300 e. The molecule has 0 amide bonds. The Balaban J connectivity index is 1.63. The molecule has 1 aliphatic rings. The van der Waals surface area contributed by atoms with Gasteiger partial charge in [-0.1, -0.05) is 30.3 Å². The molecule has 1 unspecified atom stereocenters. The fraction of sp³-hybridized carbons (Fsp3) is 0.333. The maximum Gasteiger partial charge on any atom is 0.281 e. The molecule has 0 spiro atoms. The molecule has 4 rings (SSSR count). The number of hydrogen-bond donors (Lipinski definition) is 0. The highest BCUT2D eigenvalue weighted by Crippen LogP contribution is 2.29. The molecule has 0 bridgehead atoms. The number of imidazole rings is 1. The first-order valence-electron chi connectivity index (χ1n) is 9.69. The number of benzene rings is 1. The molecule has 2 aromatic heterocycles. The van der Waals surface area contributed by atoms with Crippen LogP contribution in [0.5, 0.6) is 0 Å². The van der Waals surface area contributed by atoms with Crippen molar-refractivity contribution in [1.29, 1.82) is 0 Å². The first-order valence-corrected chi connectivity index (χ1v) is 11.1. The van der Waals surface area contributed by atoms with Crippen LogP contribution in [0.25, 0.3) is 17.1 Å². The highest BCUT2D eigenvalue weighted by Gasteiger charge is 2.31. The van der Waals surface area contributed by atoms with Gasteiger partial charge in [-0.15, -0.1) is 0 Å². The van der Waals surface area contributed by atoms with Crippen molar-refractivity contribution in [2.45, 2.75) is 18.8 Å². The van der Waals surface area contributed by atoms with E-state index >= 15 is 0 Å². The second-order valence-electron chi connectivity index (χ2n) is 7.41. The van der Waals surface area contributed by atoms with E-state index in [9.17, 15) is 8.42 Å². The summed E-state index contributed by atoms with van der Waals surface area (Å²) < 4.78 is 29.9. The van der Waals surface area contributed by atoms with Crippen molar-refractivity contribution in [3.63, 3.8) is 0 Å². The number of pyridine rings is 1. The molecule has 0 saturated carbocycles. The van der Waals surface area contributed by atoms with E-state index < -0.39 is 10.2 Å². The van der Waals surface area contributed by atoms with Crippen LogP contribution in [0.15, 0.2) is 61.1 Å². The fourth-order valence-corrected chi connectivity index (χ4v) is 4.94. The Morgan fingerprint density at radius 2 is 1.86 bits per heavy atom. The second kappa shape index (κ2) is 8.06. The zero-order valence-corrected chi connectivity index (χ0v) is 17.5. The SMILES string of the molecule is CN(C)S(=O)(=O)N1CCCC(c2cc(-n3ccnc3-c3ccccc3)ccn2)C1. The summed E-state index contributed by atoms with van der Waals surface area (Å²) >= 11 is 0. The molecular formula is C21H25N5O2S. The number of piperidine rings is 1. The average molecular weight is 412 g/mol. The average Bonchev–Trinajstić information content (AvgIpc) is 3.24. The first-order chi connectivity index (χ1) is 14.0. The normalized spacial score (nSPS) is 18.2. The third-order valence-electron chi connectivity index (χ3n) is 5.31. The lowest BCUT2D eigenvalue weighted by Crippen LogP contribution is -2.45. The summed E-state index contributed by atoms with van der Waals surface area (Å²) in [5.74, 6) is 0.935. The number of nitrogens with zero attached hydrogens (tertiary/aromatic N) is 5. The molecule has 1 fully saturated rings. The smallest absolute Gasteiger partial charge is 0.281 e. The van der Waals surface area contributed by atoms with E-state index in [1.54, 1.807) is 30.8 Å². The number of hydrogen-bond acceptors (Lipinski definition) is 4. The van der Waals surface area contributed by atoms with E-state index in [1.807, 2.05) is 53.2 Å². The molecule has 1 aliphatic heterocycles. The van der Waals surface area contributed by atoms with Crippen molar-refractivity contribution in [3.8, 4) is 17.1 Å². The van der Waals surface area contributed by atoms with Gasteiger partial charge < -0.3 is 0 Å². The van der Waals surface area contributed by atoms with Crippen molar-refractivity contribution in [2.75, 3.05) is 27.2 Å². The maximum atomic E-state index is 12.5. The summed E-state index contributed by atoms with van der Waals surface area (Å²) in [5, 5.41) is 0. The molecule has 7 nitrogen and oxygen atoms in total. The number of aromatic nitrogens is 3. The van der Waals surface area contributed by atoms with Crippen molar-refractivity contribution < 1.29 is 8.42 Å². The summed E-state index contributed by atoms with van der Waals surface area (Å²) in [6.45, 7) is 1.00. The van der Waals surface area contributed by atoms with Gasteiger partial charge in [0.1, 0.15) is 5.82 Å². The summed E-state index contributed by atoms with van der Waals surface area (Å²) in [7, 11) is -0.270. The Kier molecular flexibility index (Phi) is 5.49.